The number of benzene rings is 2. The Morgan fingerprint density at radius 1 is 1.00 bits per heavy atom. The summed E-state index contributed by atoms with van der Waals surface area (Å²) in [4.78, 5) is 16.7. The normalized spacial score (nSPS) is 11.4. The first kappa shape index (κ1) is 23.9. The third-order valence-electron chi connectivity index (χ3n) is 4.85. The van der Waals surface area contributed by atoms with Crippen LogP contribution in [0.5, 0.6) is 5.75 Å². The summed E-state index contributed by atoms with van der Waals surface area (Å²) in [6, 6.07) is 22.2. The van der Waals surface area contributed by atoms with Gasteiger partial charge in [-0.1, -0.05) is 24.3 Å². The van der Waals surface area contributed by atoms with E-state index in [0.717, 1.165) is 5.69 Å². The average molecular weight is 490 g/mol. The summed E-state index contributed by atoms with van der Waals surface area (Å²) < 4.78 is 38.2. The van der Waals surface area contributed by atoms with Crippen LogP contribution in [0.2, 0.25) is 0 Å². The minimum Gasteiger partial charge on any atom is -0.487 e. The standard InChI is InChI=1S/C26H23N3O5S/c30-26(29-21-6-3-7-23(17-21)34-19-22-5-1-2-15-27-22)14-11-20-9-12-25(13-10-20)35(31,32)28-18-24-8-4-16-33-24/h1-17,28H,18-19H2,(H,29,30)/b14-11+. The number of nitrogens with zero attached hydrogens (tertiary/aromatic N) is 1. The molecule has 0 fully saturated rings. The van der Waals surface area contributed by atoms with Gasteiger partial charge < -0.3 is 14.5 Å². The van der Waals surface area contributed by atoms with Crippen molar-refractivity contribution in [1.29, 1.82) is 0 Å². The first-order valence-electron chi connectivity index (χ1n) is 10.7. The van der Waals surface area contributed by atoms with Crippen LogP contribution in [0.25, 0.3) is 6.08 Å². The Morgan fingerprint density at radius 3 is 2.60 bits per heavy atom. The highest BCUT2D eigenvalue weighted by Gasteiger charge is 2.14. The van der Waals surface area contributed by atoms with Crippen molar-refractivity contribution in [1.82, 2.24) is 9.71 Å². The molecule has 0 atom stereocenters. The van der Waals surface area contributed by atoms with Gasteiger partial charge in [0.25, 0.3) is 0 Å². The van der Waals surface area contributed by atoms with Crippen molar-refractivity contribution < 1.29 is 22.4 Å². The summed E-state index contributed by atoms with van der Waals surface area (Å²) in [5, 5.41) is 2.78. The Bertz CT molecular complexity index is 1380. The maximum Gasteiger partial charge on any atom is 0.248 e. The highest BCUT2D eigenvalue weighted by Crippen LogP contribution is 2.19. The van der Waals surface area contributed by atoms with Crippen LogP contribution >= 0.6 is 0 Å². The number of pyridine rings is 1. The molecule has 0 saturated heterocycles. The summed E-state index contributed by atoms with van der Waals surface area (Å²) in [6.07, 6.45) is 6.16. The second kappa shape index (κ2) is 11.3. The van der Waals surface area contributed by atoms with E-state index in [-0.39, 0.29) is 17.3 Å². The zero-order valence-electron chi connectivity index (χ0n) is 18.6. The maximum atomic E-state index is 12.4. The Hall–Kier alpha value is -4.21. The topological polar surface area (TPSA) is 111 Å². The molecule has 0 bridgehead atoms. The first-order chi connectivity index (χ1) is 17.0. The largest absolute Gasteiger partial charge is 0.487 e. The van der Waals surface area contributed by atoms with Crippen molar-refractivity contribution in [2.75, 3.05) is 5.32 Å². The molecule has 35 heavy (non-hydrogen) atoms. The molecule has 2 heterocycles. The molecule has 9 heteroatoms. The predicted octanol–water partition coefficient (Wildman–Crippen LogP) is 4.38. The van der Waals surface area contributed by atoms with E-state index in [0.29, 0.717) is 29.4 Å². The lowest BCUT2D eigenvalue weighted by Gasteiger charge is -2.08. The summed E-state index contributed by atoms with van der Waals surface area (Å²) in [5.41, 5.74) is 2.07. The van der Waals surface area contributed by atoms with E-state index < -0.39 is 10.0 Å². The summed E-state index contributed by atoms with van der Waals surface area (Å²) in [7, 11) is -3.68. The van der Waals surface area contributed by atoms with Crippen LogP contribution in [0.1, 0.15) is 17.0 Å². The van der Waals surface area contributed by atoms with Crippen molar-refractivity contribution in [3.05, 3.63) is 114 Å². The highest BCUT2D eigenvalue weighted by molar-refractivity contribution is 7.89. The fraction of sp³-hybridized carbons (Fsp3) is 0.0769. The van der Waals surface area contributed by atoms with E-state index in [9.17, 15) is 13.2 Å². The lowest BCUT2D eigenvalue weighted by Crippen LogP contribution is -2.22. The molecule has 0 aliphatic rings. The molecule has 4 rings (SSSR count). The molecule has 178 valence electrons. The van der Waals surface area contributed by atoms with Gasteiger partial charge in [-0.3, -0.25) is 9.78 Å². The van der Waals surface area contributed by atoms with Crippen LogP contribution in [-0.2, 0) is 28.0 Å². The van der Waals surface area contributed by atoms with Gasteiger partial charge in [0.2, 0.25) is 15.9 Å². The fourth-order valence-corrected chi connectivity index (χ4v) is 4.07. The number of nitrogens with one attached hydrogen (secondary N) is 2. The molecule has 0 aliphatic carbocycles. The molecule has 1 amide bonds. The molecular weight excluding hydrogens is 466 g/mol. The number of amides is 1. The zero-order chi connectivity index (χ0) is 24.5. The quantitative estimate of drug-likeness (QED) is 0.320. The van der Waals surface area contributed by atoms with E-state index >= 15 is 0 Å². The third kappa shape index (κ3) is 7.13. The number of hydrogen-bond donors (Lipinski definition) is 2. The van der Waals surface area contributed by atoms with Crippen LogP contribution in [0.4, 0.5) is 5.69 Å². The summed E-state index contributed by atoms with van der Waals surface area (Å²) in [6.45, 7) is 0.384. The summed E-state index contributed by atoms with van der Waals surface area (Å²) in [5.74, 6) is 0.794. The molecule has 0 aliphatic heterocycles. The number of carbonyl (C=O) groups is 1. The number of ether oxygens (including phenoxy) is 1. The molecule has 0 saturated carbocycles. The Kier molecular flexibility index (Phi) is 7.71. The van der Waals surface area contributed by atoms with Crippen LogP contribution in [0.15, 0.2) is 107 Å². The monoisotopic (exact) mass is 489 g/mol. The number of furan rings is 1. The number of anilines is 1. The number of rotatable bonds is 10. The van der Waals surface area contributed by atoms with Gasteiger partial charge in [0.15, 0.2) is 0 Å². The zero-order valence-corrected chi connectivity index (χ0v) is 19.4. The van der Waals surface area contributed by atoms with E-state index in [1.54, 1.807) is 60.8 Å². The molecule has 8 nitrogen and oxygen atoms in total. The smallest absolute Gasteiger partial charge is 0.248 e. The number of hydrogen-bond acceptors (Lipinski definition) is 6. The van der Waals surface area contributed by atoms with Crippen molar-refractivity contribution in [2.24, 2.45) is 0 Å². The second-order valence-electron chi connectivity index (χ2n) is 7.43. The van der Waals surface area contributed by atoms with Gasteiger partial charge in [0.1, 0.15) is 18.1 Å². The average Bonchev–Trinajstić information content (AvgIpc) is 3.40. The maximum absolute atomic E-state index is 12.4. The van der Waals surface area contributed by atoms with Crippen molar-refractivity contribution in [3.63, 3.8) is 0 Å². The van der Waals surface area contributed by atoms with Crippen molar-refractivity contribution >= 4 is 27.7 Å². The first-order valence-corrected chi connectivity index (χ1v) is 12.2. The lowest BCUT2D eigenvalue weighted by molar-refractivity contribution is -0.111. The van der Waals surface area contributed by atoms with Crippen molar-refractivity contribution in [3.8, 4) is 5.75 Å². The Balaban J connectivity index is 1.30. The van der Waals surface area contributed by atoms with E-state index in [1.807, 2.05) is 18.2 Å². The van der Waals surface area contributed by atoms with Gasteiger partial charge >= 0.3 is 0 Å². The van der Waals surface area contributed by atoms with Crippen LogP contribution in [0, 0.1) is 0 Å². The molecule has 0 spiro atoms. The molecular formula is C26H23N3O5S. The molecule has 2 aromatic carbocycles. The Labute approximate surface area is 203 Å². The molecule has 2 aromatic heterocycles. The van der Waals surface area contributed by atoms with Gasteiger partial charge in [-0.2, -0.15) is 0 Å². The van der Waals surface area contributed by atoms with Gasteiger partial charge in [-0.15, -0.1) is 0 Å². The van der Waals surface area contributed by atoms with Crippen LogP contribution < -0.4 is 14.8 Å². The Morgan fingerprint density at radius 2 is 1.86 bits per heavy atom. The second-order valence-corrected chi connectivity index (χ2v) is 9.20. The molecule has 2 N–H and O–H groups in total. The lowest BCUT2D eigenvalue weighted by atomic mass is 10.2. The van der Waals surface area contributed by atoms with E-state index in [1.165, 1.54) is 24.5 Å². The number of carbonyl (C=O) groups excluding carboxylic acids is 1. The predicted molar refractivity (Wildman–Crippen MR) is 132 cm³/mol. The minimum atomic E-state index is -3.68. The van der Waals surface area contributed by atoms with Crippen molar-refractivity contribution in [2.45, 2.75) is 18.0 Å². The minimum absolute atomic E-state index is 0.0620. The van der Waals surface area contributed by atoms with Crippen LogP contribution in [-0.4, -0.2) is 19.3 Å². The molecule has 0 unspecified atom stereocenters. The number of sulfonamides is 1. The summed E-state index contributed by atoms with van der Waals surface area (Å²) >= 11 is 0. The fourth-order valence-electron chi connectivity index (χ4n) is 3.08. The SMILES string of the molecule is O=C(/C=C/c1ccc(S(=O)(=O)NCc2ccco2)cc1)Nc1cccc(OCc2ccccn2)c1. The van der Waals surface area contributed by atoms with Gasteiger partial charge in [0, 0.05) is 24.0 Å². The van der Waals surface area contributed by atoms with Gasteiger partial charge in [-0.05, 0) is 60.2 Å². The highest BCUT2D eigenvalue weighted by atomic mass is 32.2. The third-order valence-corrected chi connectivity index (χ3v) is 6.27. The molecule has 4 aromatic rings. The van der Waals surface area contributed by atoms with Gasteiger partial charge in [0.05, 0.1) is 23.4 Å². The molecule has 0 radical (unpaired) electrons. The number of aromatic nitrogens is 1. The van der Waals surface area contributed by atoms with Gasteiger partial charge in [-0.25, -0.2) is 13.1 Å². The van der Waals surface area contributed by atoms with Crippen LogP contribution in [0.3, 0.4) is 0 Å². The van der Waals surface area contributed by atoms with E-state index in [4.69, 9.17) is 9.15 Å². The van der Waals surface area contributed by atoms with E-state index in [2.05, 4.69) is 15.0 Å².